The third-order valence-corrected chi connectivity index (χ3v) is 2.77. The first-order valence-electron chi connectivity index (χ1n) is 5.58. The van der Waals surface area contributed by atoms with Gasteiger partial charge in [-0.15, -0.1) is 0 Å². The van der Waals surface area contributed by atoms with E-state index in [2.05, 4.69) is 20.8 Å². The van der Waals surface area contributed by atoms with E-state index in [1.807, 2.05) is 38.1 Å². The van der Waals surface area contributed by atoms with Crippen LogP contribution in [0.25, 0.3) is 0 Å². The van der Waals surface area contributed by atoms with Crippen molar-refractivity contribution in [3.05, 3.63) is 47.8 Å². The molecule has 0 saturated carbocycles. The molecule has 92 valence electrons. The largest absolute Gasteiger partial charge is 0.332 e. The average Bonchev–Trinajstić information content (AvgIpc) is 2.35. The molecule has 1 heterocycles. The van der Waals surface area contributed by atoms with Crippen LogP contribution in [0.2, 0.25) is 0 Å². The number of aryl methyl sites for hydroxylation is 2. The Balaban J connectivity index is 2.08. The van der Waals surface area contributed by atoms with Crippen molar-refractivity contribution in [3.8, 4) is 0 Å². The van der Waals surface area contributed by atoms with Crippen LogP contribution in [0.3, 0.4) is 0 Å². The second-order valence-electron chi connectivity index (χ2n) is 3.98. The molecule has 2 rings (SSSR count). The monoisotopic (exact) mass is 258 g/mol. The lowest BCUT2D eigenvalue weighted by Gasteiger charge is -2.14. The van der Waals surface area contributed by atoms with Gasteiger partial charge in [-0.2, -0.15) is 10.2 Å². The highest BCUT2D eigenvalue weighted by molar-refractivity contribution is 7.80. The molecule has 0 spiro atoms. The number of aromatic nitrogens is 2. The number of hydrogen-bond acceptors (Lipinski definition) is 3. The Morgan fingerprint density at radius 2 is 1.78 bits per heavy atom. The van der Waals surface area contributed by atoms with Crippen LogP contribution in [0.5, 0.6) is 0 Å². The standard InChI is InChI=1S/C13H14N4S/c1-9-4-3-5-10(2)12(9)17-13(18)16-11-6-7-14-15-8-11/h3-8H,1-2H3,(H2,14,16,17,18). The number of nitrogens with zero attached hydrogens (tertiary/aromatic N) is 2. The van der Waals surface area contributed by atoms with E-state index in [1.165, 1.54) is 0 Å². The van der Waals surface area contributed by atoms with Crippen LogP contribution in [0.4, 0.5) is 11.4 Å². The lowest BCUT2D eigenvalue weighted by atomic mass is 10.1. The molecule has 0 aliphatic carbocycles. The maximum absolute atomic E-state index is 5.27. The highest BCUT2D eigenvalue weighted by Gasteiger charge is 2.04. The van der Waals surface area contributed by atoms with Crippen molar-refractivity contribution in [2.45, 2.75) is 13.8 Å². The summed E-state index contributed by atoms with van der Waals surface area (Å²) in [5.41, 5.74) is 4.17. The van der Waals surface area contributed by atoms with Crippen molar-refractivity contribution in [1.29, 1.82) is 0 Å². The molecule has 1 aromatic heterocycles. The summed E-state index contributed by atoms with van der Waals surface area (Å²) in [5, 5.41) is 14.3. The second kappa shape index (κ2) is 5.55. The Kier molecular flexibility index (Phi) is 3.84. The van der Waals surface area contributed by atoms with E-state index in [4.69, 9.17) is 12.2 Å². The molecule has 0 radical (unpaired) electrons. The highest BCUT2D eigenvalue weighted by atomic mass is 32.1. The maximum atomic E-state index is 5.27. The molecule has 0 aliphatic heterocycles. The molecular weight excluding hydrogens is 244 g/mol. The highest BCUT2D eigenvalue weighted by Crippen LogP contribution is 2.19. The minimum Gasteiger partial charge on any atom is -0.332 e. The Labute approximate surface area is 111 Å². The fourth-order valence-corrected chi connectivity index (χ4v) is 1.87. The third-order valence-electron chi connectivity index (χ3n) is 2.56. The zero-order valence-electron chi connectivity index (χ0n) is 10.3. The molecule has 4 nitrogen and oxygen atoms in total. The topological polar surface area (TPSA) is 49.8 Å². The molecule has 0 atom stereocenters. The Morgan fingerprint density at radius 1 is 1.06 bits per heavy atom. The molecular formula is C13H14N4S. The molecule has 0 aliphatic rings. The van der Waals surface area contributed by atoms with Gasteiger partial charge in [0.25, 0.3) is 0 Å². The summed E-state index contributed by atoms with van der Waals surface area (Å²) in [5.74, 6) is 0. The third kappa shape index (κ3) is 3.01. The van der Waals surface area contributed by atoms with E-state index in [-0.39, 0.29) is 0 Å². The molecule has 2 N–H and O–H groups in total. The number of anilines is 2. The quantitative estimate of drug-likeness (QED) is 0.811. The Hall–Kier alpha value is -2.01. The zero-order valence-corrected chi connectivity index (χ0v) is 11.1. The molecule has 5 heteroatoms. The van der Waals surface area contributed by atoms with Crippen molar-refractivity contribution in [1.82, 2.24) is 10.2 Å². The van der Waals surface area contributed by atoms with Crippen molar-refractivity contribution in [2.75, 3.05) is 10.6 Å². The van der Waals surface area contributed by atoms with Crippen molar-refractivity contribution in [3.63, 3.8) is 0 Å². The summed E-state index contributed by atoms with van der Waals surface area (Å²) < 4.78 is 0. The lowest BCUT2D eigenvalue weighted by Crippen LogP contribution is -2.20. The van der Waals surface area contributed by atoms with Crippen molar-refractivity contribution >= 4 is 28.7 Å². The first-order chi connectivity index (χ1) is 8.66. The number of thiocarbonyl (C=S) groups is 1. The van der Waals surface area contributed by atoms with Crippen molar-refractivity contribution in [2.24, 2.45) is 0 Å². The van der Waals surface area contributed by atoms with Gasteiger partial charge in [0.05, 0.1) is 18.1 Å². The van der Waals surface area contributed by atoms with Crippen LogP contribution in [0, 0.1) is 13.8 Å². The van der Waals surface area contributed by atoms with E-state index in [9.17, 15) is 0 Å². The van der Waals surface area contributed by atoms with Crippen molar-refractivity contribution < 1.29 is 0 Å². The molecule has 0 bridgehead atoms. The Bertz CT molecular complexity index is 534. The predicted molar refractivity (Wildman–Crippen MR) is 77.8 cm³/mol. The van der Waals surface area contributed by atoms with Gasteiger partial charge >= 0.3 is 0 Å². The summed E-state index contributed by atoms with van der Waals surface area (Å²) in [4.78, 5) is 0. The van der Waals surface area contributed by atoms with E-state index < -0.39 is 0 Å². The summed E-state index contributed by atoms with van der Waals surface area (Å²) >= 11 is 5.27. The van der Waals surface area contributed by atoms with Gasteiger partial charge in [-0.25, -0.2) is 0 Å². The van der Waals surface area contributed by atoms with Gasteiger partial charge in [0, 0.05) is 5.69 Å². The number of hydrogen-bond donors (Lipinski definition) is 2. The summed E-state index contributed by atoms with van der Waals surface area (Å²) in [6, 6.07) is 7.93. The molecule has 0 amide bonds. The van der Waals surface area contributed by atoms with Crippen LogP contribution in [-0.4, -0.2) is 15.3 Å². The number of rotatable bonds is 2. The van der Waals surface area contributed by atoms with E-state index in [0.717, 1.165) is 22.5 Å². The normalized spacial score (nSPS) is 9.89. The molecule has 0 saturated heterocycles. The van der Waals surface area contributed by atoms with E-state index in [1.54, 1.807) is 12.4 Å². The first kappa shape index (κ1) is 12.4. The van der Waals surface area contributed by atoms with Gasteiger partial charge < -0.3 is 10.6 Å². The van der Waals surface area contributed by atoms with Gasteiger partial charge in [0.1, 0.15) is 0 Å². The summed E-state index contributed by atoms with van der Waals surface area (Å²) in [6.45, 7) is 4.10. The average molecular weight is 258 g/mol. The van der Waals surface area contributed by atoms with Crippen LogP contribution < -0.4 is 10.6 Å². The van der Waals surface area contributed by atoms with E-state index >= 15 is 0 Å². The minimum absolute atomic E-state index is 0.542. The van der Waals surface area contributed by atoms with Crippen LogP contribution >= 0.6 is 12.2 Å². The lowest BCUT2D eigenvalue weighted by molar-refractivity contribution is 1.03. The fourth-order valence-electron chi connectivity index (χ4n) is 1.65. The van der Waals surface area contributed by atoms with Crippen LogP contribution in [0.15, 0.2) is 36.7 Å². The number of benzene rings is 1. The molecule has 18 heavy (non-hydrogen) atoms. The maximum Gasteiger partial charge on any atom is 0.175 e. The van der Waals surface area contributed by atoms with E-state index in [0.29, 0.717) is 5.11 Å². The number of para-hydroxylation sites is 1. The van der Waals surface area contributed by atoms with Gasteiger partial charge in [-0.1, -0.05) is 18.2 Å². The first-order valence-corrected chi connectivity index (χ1v) is 5.98. The van der Waals surface area contributed by atoms with Crippen LogP contribution in [0.1, 0.15) is 11.1 Å². The second-order valence-corrected chi connectivity index (χ2v) is 4.39. The molecule has 0 fully saturated rings. The van der Waals surface area contributed by atoms with Gasteiger partial charge in [0.15, 0.2) is 5.11 Å². The number of nitrogens with one attached hydrogen (secondary N) is 2. The smallest absolute Gasteiger partial charge is 0.175 e. The summed E-state index contributed by atoms with van der Waals surface area (Å²) in [6.07, 6.45) is 3.24. The molecule has 2 aromatic rings. The summed E-state index contributed by atoms with van der Waals surface area (Å²) in [7, 11) is 0. The molecule has 1 aromatic carbocycles. The minimum atomic E-state index is 0.542. The van der Waals surface area contributed by atoms with Gasteiger partial charge in [0.2, 0.25) is 0 Å². The predicted octanol–water partition coefficient (Wildman–Crippen LogP) is 2.90. The SMILES string of the molecule is Cc1cccc(C)c1NC(=S)Nc1ccnnc1. The van der Waals surface area contributed by atoms with Gasteiger partial charge in [-0.3, -0.25) is 0 Å². The van der Waals surface area contributed by atoms with Gasteiger partial charge in [-0.05, 0) is 43.3 Å². The Morgan fingerprint density at radius 3 is 2.39 bits per heavy atom. The fraction of sp³-hybridized carbons (Fsp3) is 0.154. The van der Waals surface area contributed by atoms with Crippen LogP contribution in [-0.2, 0) is 0 Å². The zero-order chi connectivity index (χ0) is 13.0. The molecule has 0 unspecified atom stereocenters.